The van der Waals surface area contributed by atoms with Crippen molar-refractivity contribution in [2.24, 2.45) is 0 Å². The van der Waals surface area contributed by atoms with Crippen molar-refractivity contribution < 1.29 is 13.5 Å². The molecule has 1 fully saturated rings. The van der Waals surface area contributed by atoms with E-state index in [1.54, 1.807) is 15.8 Å². The lowest BCUT2D eigenvalue weighted by atomic mass is 10.2. The van der Waals surface area contributed by atoms with E-state index < -0.39 is 10.0 Å². The van der Waals surface area contributed by atoms with Crippen LogP contribution in [0.25, 0.3) is 0 Å². The Labute approximate surface area is 124 Å². The molecule has 7 heteroatoms. The van der Waals surface area contributed by atoms with Crippen molar-refractivity contribution in [1.29, 1.82) is 0 Å². The van der Waals surface area contributed by atoms with Crippen LogP contribution in [0.3, 0.4) is 0 Å². The minimum atomic E-state index is -3.45. The standard InChI is InChI=1S/C13H22N2O3S2/c1-3-11-8-14(2)5-4-6-15(11)20(17,18)13-7-12(9-16)19-10-13/h7,10-11,16H,3-6,8-9H2,1-2H3. The molecule has 0 aliphatic carbocycles. The zero-order valence-corrected chi connectivity index (χ0v) is 13.6. The van der Waals surface area contributed by atoms with Crippen molar-refractivity contribution in [1.82, 2.24) is 9.21 Å². The number of aliphatic hydroxyl groups is 1. The molecule has 2 heterocycles. The molecule has 2 rings (SSSR count). The summed E-state index contributed by atoms with van der Waals surface area (Å²) in [6.07, 6.45) is 1.66. The Morgan fingerprint density at radius 3 is 2.80 bits per heavy atom. The van der Waals surface area contributed by atoms with Gasteiger partial charge in [-0.3, -0.25) is 0 Å². The average Bonchev–Trinajstić information content (AvgIpc) is 2.83. The summed E-state index contributed by atoms with van der Waals surface area (Å²) in [6, 6.07) is 1.60. The monoisotopic (exact) mass is 318 g/mol. The third-order valence-electron chi connectivity index (χ3n) is 3.71. The number of thiophene rings is 1. The molecule has 1 aliphatic rings. The Balaban J connectivity index is 2.30. The number of hydrogen-bond acceptors (Lipinski definition) is 5. The summed E-state index contributed by atoms with van der Waals surface area (Å²) in [7, 11) is -1.42. The van der Waals surface area contributed by atoms with Gasteiger partial charge in [-0.15, -0.1) is 11.3 Å². The second kappa shape index (κ2) is 6.53. The third kappa shape index (κ3) is 3.23. The molecule has 0 radical (unpaired) electrons. The van der Waals surface area contributed by atoms with Crippen molar-refractivity contribution in [3.63, 3.8) is 0 Å². The minimum absolute atomic E-state index is 0.0185. The highest BCUT2D eigenvalue weighted by Gasteiger charge is 2.33. The summed E-state index contributed by atoms with van der Waals surface area (Å²) < 4.78 is 27.2. The summed E-state index contributed by atoms with van der Waals surface area (Å²) in [4.78, 5) is 3.19. The molecule has 0 bridgehead atoms. The largest absolute Gasteiger partial charge is 0.391 e. The number of likely N-dealkylation sites (N-methyl/N-ethyl adjacent to an activating group) is 1. The molecule has 0 saturated carbocycles. The van der Waals surface area contributed by atoms with Gasteiger partial charge in [-0.05, 0) is 32.5 Å². The van der Waals surface area contributed by atoms with Crippen molar-refractivity contribution in [2.45, 2.75) is 37.3 Å². The molecular weight excluding hydrogens is 296 g/mol. The molecule has 0 aromatic carbocycles. The van der Waals surface area contributed by atoms with Gasteiger partial charge >= 0.3 is 0 Å². The molecule has 5 nitrogen and oxygen atoms in total. The van der Waals surface area contributed by atoms with E-state index in [1.807, 2.05) is 14.0 Å². The number of hydrogen-bond donors (Lipinski definition) is 1. The van der Waals surface area contributed by atoms with Gasteiger partial charge < -0.3 is 10.0 Å². The van der Waals surface area contributed by atoms with Crippen molar-refractivity contribution >= 4 is 21.4 Å². The van der Waals surface area contributed by atoms with Crippen LogP contribution in [0.1, 0.15) is 24.6 Å². The lowest BCUT2D eigenvalue weighted by Crippen LogP contribution is -2.43. The summed E-state index contributed by atoms with van der Waals surface area (Å²) in [5.41, 5.74) is 0. The minimum Gasteiger partial charge on any atom is -0.391 e. The Morgan fingerprint density at radius 2 is 2.20 bits per heavy atom. The van der Waals surface area contributed by atoms with Crippen LogP contribution in [0.4, 0.5) is 0 Å². The molecule has 1 saturated heterocycles. The second-order valence-electron chi connectivity index (χ2n) is 5.20. The van der Waals surface area contributed by atoms with Crippen molar-refractivity contribution in [3.8, 4) is 0 Å². The van der Waals surface area contributed by atoms with Gasteiger partial charge in [0, 0.05) is 29.4 Å². The molecule has 20 heavy (non-hydrogen) atoms. The lowest BCUT2D eigenvalue weighted by Gasteiger charge is -2.28. The van der Waals surface area contributed by atoms with E-state index in [4.69, 9.17) is 5.11 Å². The van der Waals surface area contributed by atoms with Gasteiger partial charge in [-0.2, -0.15) is 4.31 Å². The smallest absolute Gasteiger partial charge is 0.244 e. The Morgan fingerprint density at radius 1 is 1.45 bits per heavy atom. The summed E-state index contributed by atoms with van der Waals surface area (Å²) in [5, 5.41) is 10.7. The number of aliphatic hydroxyl groups excluding tert-OH is 1. The predicted octanol–water partition coefficient (Wildman–Crippen LogP) is 1.35. The van der Waals surface area contributed by atoms with E-state index in [0.717, 1.165) is 25.9 Å². The highest BCUT2D eigenvalue weighted by molar-refractivity contribution is 7.89. The van der Waals surface area contributed by atoms with E-state index in [1.165, 1.54) is 11.3 Å². The van der Waals surface area contributed by atoms with E-state index >= 15 is 0 Å². The molecule has 1 aliphatic heterocycles. The first kappa shape index (κ1) is 15.9. The van der Waals surface area contributed by atoms with Gasteiger partial charge in [0.15, 0.2) is 0 Å². The van der Waals surface area contributed by atoms with E-state index in [0.29, 0.717) is 16.3 Å². The Hall–Kier alpha value is -0.470. The third-order valence-corrected chi connectivity index (χ3v) is 6.71. The Bertz CT molecular complexity index is 542. The zero-order chi connectivity index (χ0) is 14.8. The highest BCUT2D eigenvalue weighted by atomic mass is 32.2. The number of rotatable bonds is 4. The van der Waals surface area contributed by atoms with Gasteiger partial charge in [-0.25, -0.2) is 8.42 Å². The first-order valence-corrected chi connectivity index (χ1v) is 9.19. The van der Waals surface area contributed by atoms with Crippen LogP contribution in [0.5, 0.6) is 0 Å². The molecule has 1 aromatic heterocycles. The van der Waals surface area contributed by atoms with Crippen LogP contribution < -0.4 is 0 Å². The van der Waals surface area contributed by atoms with E-state index in [2.05, 4.69) is 4.90 Å². The topological polar surface area (TPSA) is 60.9 Å². The first-order valence-electron chi connectivity index (χ1n) is 6.87. The fraction of sp³-hybridized carbons (Fsp3) is 0.692. The molecule has 1 atom stereocenters. The molecule has 1 N–H and O–H groups in total. The zero-order valence-electron chi connectivity index (χ0n) is 11.9. The molecule has 0 spiro atoms. The van der Waals surface area contributed by atoms with Gasteiger partial charge in [0.25, 0.3) is 0 Å². The SMILES string of the molecule is CCC1CN(C)CCCN1S(=O)(=O)c1csc(CO)c1. The van der Waals surface area contributed by atoms with Crippen molar-refractivity contribution in [2.75, 3.05) is 26.7 Å². The number of nitrogens with zero attached hydrogens (tertiary/aromatic N) is 2. The molecule has 114 valence electrons. The quantitative estimate of drug-likeness (QED) is 0.910. The van der Waals surface area contributed by atoms with E-state index in [-0.39, 0.29) is 12.6 Å². The number of sulfonamides is 1. The maximum Gasteiger partial charge on any atom is 0.244 e. The fourth-order valence-electron chi connectivity index (χ4n) is 2.58. The van der Waals surface area contributed by atoms with Crippen LogP contribution in [-0.2, 0) is 16.6 Å². The van der Waals surface area contributed by atoms with Crippen LogP contribution >= 0.6 is 11.3 Å². The normalized spacial score (nSPS) is 22.9. The van der Waals surface area contributed by atoms with Crippen molar-refractivity contribution in [3.05, 3.63) is 16.3 Å². The molecule has 0 amide bonds. The van der Waals surface area contributed by atoms with Gasteiger partial charge in [-0.1, -0.05) is 6.92 Å². The van der Waals surface area contributed by atoms with Gasteiger partial charge in [0.2, 0.25) is 10.0 Å². The predicted molar refractivity (Wildman–Crippen MR) is 80.3 cm³/mol. The fourth-order valence-corrected chi connectivity index (χ4v) is 5.43. The summed E-state index contributed by atoms with van der Waals surface area (Å²) in [6.45, 7) is 4.18. The summed E-state index contributed by atoms with van der Waals surface area (Å²) >= 11 is 1.29. The van der Waals surface area contributed by atoms with Crippen LogP contribution in [-0.4, -0.2) is 55.5 Å². The molecule has 1 unspecified atom stereocenters. The average molecular weight is 318 g/mol. The molecular formula is C13H22N2O3S2. The lowest BCUT2D eigenvalue weighted by molar-refractivity contribution is 0.270. The Kier molecular flexibility index (Phi) is 5.19. The second-order valence-corrected chi connectivity index (χ2v) is 8.09. The van der Waals surface area contributed by atoms with E-state index in [9.17, 15) is 8.42 Å². The maximum absolute atomic E-state index is 12.8. The van der Waals surface area contributed by atoms with Gasteiger partial charge in [0.1, 0.15) is 0 Å². The van der Waals surface area contributed by atoms with Crippen LogP contribution in [0, 0.1) is 0 Å². The van der Waals surface area contributed by atoms with Crippen LogP contribution in [0.2, 0.25) is 0 Å². The highest BCUT2D eigenvalue weighted by Crippen LogP contribution is 2.26. The van der Waals surface area contributed by atoms with Gasteiger partial charge in [0.05, 0.1) is 11.5 Å². The first-order chi connectivity index (χ1) is 9.48. The summed E-state index contributed by atoms with van der Waals surface area (Å²) in [5.74, 6) is 0. The van der Waals surface area contributed by atoms with Crippen LogP contribution in [0.15, 0.2) is 16.3 Å². The molecule has 1 aromatic rings. The maximum atomic E-state index is 12.8.